The molecule has 4 saturated heterocycles. The second-order valence-corrected chi connectivity index (χ2v) is 38.5. The molecule has 16 aromatic rings. The lowest BCUT2D eigenvalue weighted by Gasteiger charge is -2.39. The first-order valence-electron chi connectivity index (χ1n) is 49.3. The zero-order valence-electron chi connectivity index (χ0n) is 80.3. The fraction of sp³-hybridized carbons (Fsp3) is 0.413. The molecular weight excluding hydrogens is 1800 g/mol. The number of aliphatic hydroxyl groups is 4. The highest BCUT2D eigenvalue weighted by molar-refractivity contribution is 5.90. The Hall–Kier alpha value is -13.0. The molecule has 4 fully saturated rings. The highest BCUT2D eigenvalue weighted by Gasteiger charge is 2.46. The molecular formula is C109H119N13O19. The Labute approximate surface area is 815 Å². The van der Waals surface area contributed by atoms with Crippen LogP contribution in [0, 0.1) is 13.8 Å². The van der Waals surface area contributed by atoms with Crippen LogP contribution in [-0.4, -0.2) is 224 Å². The minimum Gasteiger partial charge on any atom is -0.490 e. The van der Waals surface area contributed by atoms with Crippen LogP contribution in [0.3, 0.4) is 0 Å². The number of anilines is 1. The van der Waals surface area contributed by atoms with Crippen LogP contribution in [0.25, 0.3) is 90.5 Å². The zero-order chi connectivity index (χ0) is 96.3. The molecule has 0 radical (unpaired) electrons. The number of furan rings is 4. The maximum absolute atomic E-state index is 10.7. The lowest BCUT2D eigenvalue weighted by Crippen LogP contribution is -2.46. The number of likely N-dealkylation sites (N-methyl/N-ethyl adjacent to an activating group) is 1. The van der Waals surface area contributed by atoms with Crippen LogP contribution >= 0.6 is 0 Å². The Balaban J connectivity index is 0.000000111. The summed E-state index contributed by atoms with van der Waals surface area (Å²) in [5, 5.41) is 78.1. The molecule has 32 nitrogen and oxygen atoms in total. The molecule has 0 aliphatic carbocycles. The number of ether oxygens (including phenoxy) is 7. The van der Waals surface area contributed by atoms with Crippen molar-refractivity contribution in [3.63, 3.8) is 0 Å². The summed E-state index contributed by atoms with van der Waals surface area (Å²) in [6.07, 6.45) is 7.26. The number of piperidine rings is 4. The van der Waals surface area contributed by atoms with Gasteiger partial charge < -0.3 is 113 Å². The van der Waals surface area contributed by atoms with Gasteiger partial charge in [-0.1, -0.05) is 130 Å². The molecule has 0 amide bonds. The molecule has 32 heteroatoms. The molecule has 141 heavy (non-hydrogen) atoms. The predicted molar refractivity (Wildman–Crippen MR) is 525 cm³/mol. The number of nitrogens with zero attached hydrogens (tertiary/aromatic N) is 13. The number of hydrogen-bond donors (Lipinski definition) is 4. The number of benzene rings is 8. The molecule has 0 saturated carbocycles. The van der Waals surface area contributed by atoms with Crippen molar-refractivity contribution in [2.75, 3.05) is 123 Å². The number of β-amino-alcohol motifs (C(OH)–C–C–N with tert-alkyl or cyclic N) is 4. The van der Waals surface area contributed by atoms with Gasteiger partial charge in [0.25, 0.3) is 23.6 Å². The predicted octanol–water partition coefficient (Wildman–Crippen LogP) is 17.6. The van der Waals surface area contributed by atoms with Gasteiger partial charge in [0.1, 0.15) is 96.2 Å². The Bertz CT molecular complexity index is 6980. The quantitative estimate of drug-likeness (QED) is 0.0371. The van der Waals surface area contributed by atoms with E-state index in [0.717, 1.165) is 138 Å². The second-order valence-electron chi connectivity index (χ2n) is 38.5. The van der Waals surface area contributed by atoms with Gasteiger partial charge in [0.15, 0.2) is 23.0 Å². The topological polar surface area (TPSA) is 370 Å². The van der Waals surface area contributed by atoms with Crippen LogP contribution in [0.2, 0.25) is 0 Å². The first-order valence-corrected chi connectivity index (χ1v) is 49.3. The van der Waals surface area contributed by atoms with Gasteiger partial charge >= 0.3 is 0 Å². The van der Waals surface area contributed by atoms with E-state index in [1.807, 2.05) is 118 Å². The fourth-order valence-corrected chi connectivity index (χ4v) is 21.0. The first kappa shape index (κ1) is 94.3. The van der Waals surface area contributed by atoms with Crippen molar-refractivity contribution in [3.8, 4) is 69.6 Å². The SMILES string of the molecule is CC(C)c1nnc(-c2cc3c(OC[C@@H](O)CN4CCC5(CC4)OCc4ccccc45)cccc3o2)o1.CCc1nnc(-c2cc3c(OC[C@@H](O)CN4CCC5(CC4)OCc4ccccc45)cccc3o2)o1.Cc1nnc(-c2cc3c(OC[C@@H](O)CN4CCC(c5ccc6c(c5)CCN6C)CC4)cccc3o2)o1.Cc1nnc(-c2cc3c(OC[C@@H](O)CN4CCC5(CC4)OCc4ccccc45)cccc3o2)o1. The maximum Gasteiger partial charge on any atom is 0.283 e. The van der Waals surface area contributed by atoms with E-state index in [9.17, 15) is 20.4 Å². The van der Waals surface area contributed by atoms with Gasteiger partial charge in [-0.05, 0) is 176 Å². The van der Waals surface area contributed by atoms with E-state index in [1.165, 1.54) is 50.2 Å². The van der Waals surface area contributed by atoms with Crippen molar-refractivity contribution in [1.29, 1.82) is 0 Å². The van der Waals surface area contributed by atoms with Crippen molar-refractivity contribution in [2.45, 2.75) is 172 Å². The summed E-state index contributed by atoms with van der Waals surface area (Å²) in [5.41, 5.74) is 14.4. The third-order valence-corrected chi connectivity index (χ3v) is 28.6. The largest absolute Gasteiger partial charge is 0.490 e. The molecule has 3 spiro atoms. The molecule has 16 heterocycles. The molecule has 734 valence electrons. The number of fused-ring (bicyclic) bond motifs is 11. The lowest BCUT2D eigenvalue weighted by molar-refractivity contribution is -0.0836. The monoisotopic (exact) mass is 1910 g/mol. The lowest BCUT2D eigenvalue weighted by atomic mass is 9.84. The second kappa shape index (κ2) is 41.3. The average molecular weight is 1920 g/mol. The summed E-state index contributed by atoms with van der Waals surface area (Å²) in [7, 11) is 2.17. The van der Waals surface area contributed by atoms with Gasteiger partial charge in [0, 0.05) is 135 Å². The van der Waals surface area contributed by atoms with Crippen LogP contribution in [0.15, 0.2) is 223 Å². The fourth-order valence-electron chi connectivity index (χ4n) is 21.0. The minimum atomic E-state index is -0.609. The molecule has 0 bridgehead atoms. The van der Waals surface area contributed by atoms with Crippen molar-refractivity contribution in [2.24, 2.45) is 0 Å². The summed E-state index contributed by atoms with van der Waals surface area (Å²) >= 11 is 0. The summed E-state index contributed by atoms with van der Waals surface area (Å²) in [6.45, 7) is 23.0. The summed E-state index contributed by atoms with van der Waals surface area (Å²) in [4.78, 5) is 11.6. The normalized spacial score (nSPS) is 18.1. The Morgan fingerprint density at radius 3 is 1.06 bits per heavy atom. The van der Waals surface area contributed by atoms with Crippen LogP contribution in [0.5, 0.6) is 23.0 Å². The number of aliphatic hydroxyl groups excluding tert-OH is 4. The molecule has 8 aliphatic heterocycles. The van der Waals surface area contributed by atoms with Gasteiger partial charge in [-0.3, -0.25) is 0 Å². The van der Waals surface area contributed by atoms with Gasteiger partial charge in [0.2, 0.25) is 23.6 Å². The average Bonchev–Trinajstić information content (AvgIpc) is 1.62. The number of rotatable bonds is 27. The van der Waals surface area contributed by atoms with Crippen LogP contribution in [0.4, 0.5) is 5.69 Å². The molecule has 4 atom stereocenters. The van der Waals surface area contributed by atoms with E-state index in [-0.39, 0.29) is 49.1 Å². The zero-order valence-corrected chi connectivity index (χ0v) is 80.3. The highest BCUT2D eigenvalue weighted by atomic mass is 16.5. The third-order valence-electron chi connectivity index (χ3n) is 28.6. The molecule has 8 aliphatic rings. The summed E-state index contributed by atoms with van der Waals surface area (Å²) < 4.78 is 88.6. The van der Waals surface area contributed by atoms with Gasteiger partial charge in [-0.2, -0.15) is 0 Å². The number of aromatic nitrogens is 8. The van der Waals surface area contributed by atoms with E-state index in [1.54, 1.807) is 13.8 Å². The summed E-state index contributed by atoms with van der Waals surface area (Å²) in [5.74, 6) is 8.80. The smallest absolute Gasteiger partial charge is 0.283 e. The van der Waals surface area contributed by atoms with Crippen LogP contribution in [0.1, 0.15) is 152 Å². The molecule has 4 N–H and O–H groups in total. The summed E-state index contributed by atoms with van der Waals surface area (Å²) in [6, 6.07) is 62.4. The van der Waals surface area contributed by atoms with Crippen molar-refractivity contribution in [3.05, 3.63) is 256 Å². The van der Waals surface area contributed by atoms with E-state index >= 15 is 0 Å². The Kier molecular flexibility index (Phi) is 27.6. The third kappa shape index (κ3) is 20.7. The van der Waals surface area contributed by atoms with Crippen LogP contribution < -0.4 is 23.8 Å². The van der Waals surface area contributed by atoms with Gasteiger partial charge in [0.05, 0.1) is 58.2 Å². The molecule has 8 aromatic carbocycles. The Morgan fingerprint density at radius 1 is 0.362 bits per heavy atom. The number of likely N-dealkylation sites (tertiary alicyclic amines) is 4. The molecule has 8 aromatic heterocycles. The maximum atomic E-state index is 10.7. The van der Waals surface area contributed by atoms with E-state index < -0.39 is 24.4 Å². The first-order chi connectivity index (χ1) is 68.8. The number of aryl methyl sites for hydroxylation is 3. The minimum absolute atomic E-state index is 0.142. The standard InChI is InChI=1S/C28H32N4O4.C28H31N3O5.C27H29N3O5.C26H27N3O5/c1-18-29-30-28(35-18)27-15-23-25(4-3-5-26(23)36-27)34-17-22(33)16-32-12-9-19(10-13-32)20-6-7-24-21(14-20)8-11-31(24)2;1-18(2)26-29-30-27(36-26)25-14-21-23(8-5-9-24(21)35-25)33-17-20(32)15-31-12-10-28(11-13-31)22-7-4-3-6-19(22)16-34-28;1-2-25-28-29-26(35-25)24-14-20-22(8-5-9-23(20)34-24)32-17-19(31)15-30-12-10-27(11-13-30)21-7-4-3-6-18(21)16-33-27;1-17-27-28-25(33-17)24-13-20-22(7-4-8-23(20)34-24)31-16-19(30)14-29-11-9-26(10-12-29)21-6-3-2-5-18(21)15-32-26/h3-7,14-15,19,22,33H,8-13,16-17H2,1-2H3;3-9,14,18,20,32H,10-13,15-17H2,1-2H3;3-9,14,19,31H,2,10-13,15-17H2,1H3;2-8,13,19,30H,9-12,14-16H2,1H3/t22-;20-;2*19-/m0000/s1. The van der Waals surface area contributed by atoms with Gasteiger partial charge in [-0.25, -0.2) is 0 Å². The molecule has 24 rings (SSSR count). The van der Waals surface area contributed by atoms with Crippen molar-refractivity contribution in [1.82, 2.24) is 60.4 Å². The van der Waals surface area contributed by atoms with Crippen molar-refractivity contribution >= 4 is 49.6 Å². The van der Waals surface area contributed by atoms with Crippen molar-refractivity contribution < 1.29 is 88.9 Å². The number of hydrogen-bond acceptors (Lipinski definition) is 32. The van der Waals surface area contributed by atoms with E-state index in [4.69, 9.17) is 68.5 Å². The molecule has 0 unspecified atom stereocenters. The Morgan fingerprint density at radius 2 is 0.709 bits per heavy atom. The van der Waals surface area contributed by atoms with E-state index in [2.05, 4.69) is 163 Å². The van der Waals surface area contributed by atoms with Crippen LogP contribution in [-0.2, 0) is 63.7 Å². The van der Waals surface area contributed by atoms with Gasteiger partial charge in [-0.15, -0.1) is 40.8 Å². The van der Waals surface area contributed by atoms with E-state index in [0.29, 0.717) is 174 Å². The highest BCUT2D eigenvalue weighted by Crippen LogP contribution is 2.49.